The fraction of sp³-hybridized carbons (Fsp3) is 0.250. The third kappa shape index (κ3) is 1.52. The fourth-order valence-electron chi connectivity index (χ4n) is 2.33. The first-order valence-electron chi connectivity index (χ1n) is 5.18. The second-order valence-electron chi connectivity index (χ2n) is 3.88. The maximum Gasteiger partial charge on any atom is 0.142 e. The van der Waals surface area contributed by atoms with Gasteiger partial charge in [0.05, 0.1) is 0 Å². The molecule has 0 bridgehead atoms. The maximum atomic E-state index is 10.9. The number of carbonyl (C=O) groups excluding carboxylic acids is 1. The van der Waals surface area contributed by atoms with Crippen molar-refractivity contribution in [3.63, 3.8) is 0 Å². The number of para-hydroxylation sites is 1. The number of H-pyrrole nitrogens is 1. The topological polar surface area (TPSA) is 44.9 Å². The Morgan fingerprint density at radius 2 is 2.12 bits per heavy atom. The highest BCUT2D eigenvalue weighted by atomic mass is 35.5. The predicted octanol–water partition coefficient (Wildman–Crippen LogP) is 1.98. The van der Waals surface area contributed by atoms with Gasteiger partial charge in [0.1, 0.15) is 12.3 Å². The molecule has 2 N–H and O–H groups in total. The molecule has 0 saturated carbocycles. The molecule has 0 aliphatic carbocycles. The molecule has 2 aromatic rings. The van der Waals surface area contributed by atoms with E-state index in [9.17, 15) is 4.79 Å². The average Bonchev–Trinajstić information content (AvgIpc) is 2.67. The summed E-state index contributed by atoms with van der Waals surface area (Å²) in [6.07, 6.45) is 1.96. The van der Waals surface area contributed by atoms with Crippen molar-refractivity contribution in [2.24, 2.45) is 0 Å². The molecule has 1 unspecified atom stereocenters. The number of aromatic amines is 1. The van der Waals surface area contributed by atoms with Crippen LogP contribution in [0.15, 0.2) is 24.3 Å². The van der Waals surface area contributed by atoms with Crippen LogP contribution >= 0.6 is 12.4 Å². The Hall–Kier alpha value is -1.32. The zero-order valence-electron chi connectivity index (χ0n) is 8.69. The first kappa shape index (κ1) is 11.2. The van der Waals surface area contributed by atoms with Gasteiger partial charge in [-0.2, -0.15) is 0 Å². The lowest BCUT2D eigenvalue weighted by molar-refractivity contribution is -0.109. The number of aldehydes is 1. The van der Waals surface area contributed by atoms with Gasteiger partial charge in [-0.1, -0.05) is 18.2 Å². The Bertz CT molecular complexity index is 521. The molecule has 16 heavy (non-hydrogen) atoms. The summed E-state index contributed by atoms with van der Waals surface area (Å²) in [5.41, 5.74) is 3.46. The van der Waals surface area contributed by atoms with Gasteiger partial charge in [0.2, 0.25) is 0 Å². The zero-order valence-corrected chi connectivity index (χ0v) is 9.51. The molecule has 84 valence electrons. The van der Waals surface area contributed by atoms with Gasteiger partial charge in [-0.25, -0.2) is 0 Å². The Kier molecular flexibility index (Phi) is 2.99. The van der Waals surface area contributed by atoms with Crippen molar-refractivity contribution in [1.82, 2.24) is 10.3 Å². The van der Waals surface area contributed by atoms with Gasteiger partial charge in [0.15, 0.2) is 0 Å². The van der Waals surface area contributed by atoms with Gasteiger partial charge in [-0.05, 0) is 18.1 Å². The number of hydrogen-bond donors (Lipinski definition) is 2. The van der Waals surface area contributed by atoms with Crippen LogP contribution in [-0.2, 0) is 11.2 Å². The molecule has 3 rings (SSSR count). The third-order valence-electron chi connectivity index (χ3n) is 3.03. The quantitative estimate of drug-likeness (QED) is 0.744. The summed E-state index contributed by atoms with van der Waals surface area (Å²) in [5, 5.41) is 4.44. The van der Waals surface area contributed by atoms with E-state index in [1.165, 1.54) is 10.9 Å². The molecule has 0 fully saturated rings. The van der Waals surface area contributed by atoms with Crippen molar-refractivity contribution in [1.29, 1.82) is 0 Å². The minimum absolute atomic E-state index is 0. The van der Waals surface area contributed by atoms with Gasteiger partial charge >= 0.3 is 0 Å². The molecule has 0 amide bonds. The van der Waals surface area contributed by atoms with Crippen LogP contribution in [0.5, 0.6) is 0 Å². The highest BCUT2D eigenvalue weighted by molar-refractivity contribution is 5.86. The zero-order chi connectivity index (χ0) is 10.3. The highest BCUT2D eigenvalue weighted by Gasteiger charge is 2.22. The average molecular weight is 237 g/mol. The summed E-state index contributed by atoms with van der Waals surface area (Å²) in [6, 6.07) is 8.04. The number of aromatic nitrogens is 1. The highest BCUT2D eigenvalue weighted by Crippen LogP contribution is 2.28. The summed E-state index contributed by atoms with van der Waals surface area (Å²) in [5.74, 6) is 0. The van der Waals surface area contributed by atoms with Crippen molar-refractivity contribution >= 4 is 29.6 Å². The number of nitrogens with one attached hydrogen (secondary N) is 2. The van der Waals surface area contributed by atoms with Crippen LogP contribution in [0.2, 0.25) is 0 Å². The lowest BCUT2D eigenvalue weighted by Gasteiger charge is -2.19. The van der Waals surface area contributed by atoms with Crippen molar-refractivity contribution < 1.29 is 4.79 Å². The molecular formula is C12H13ClN2O. The van der Waals surface area contributed by atoms with Gasteiger partial charge < -0.3 is 15.1 Å². The van der Waals surface area contributed by atoms with Crippen LogP contribution < -0.4 is 5.32 Å². The number of benzene rings is 1. The van der Waals surface area contributed by atoms with E-state index < -0.39 is 0 Å². The van der Waals surface area contributed by atoms with Gasteiger partial charge in [0.25, 0.3) is 0 Å². The minimum Gasteiger partial charge on any atom is -0.356 e. The second-order valence-corrected chi connectivity index (χ2v) is 3.88. The van der Waals surface area contributed by atoms with Crippen molar-refractivity contribution in [3.05, 3.63) is 35.5 Å². The monoisotopic (exact) mass is 236 g/mol. The molecule has 3 nitrogen and oxygen atoms in total. The summed E-state index contributed by atoms with van der Waals surface area (Å²) in [7, 11) is 0. The minimum atomic E-state index is -0.166. The fourth-order valence-corrected chi connectivity index (χ4v) is 2.33. The van der Waals surface area contributed by atoms with E-state index >= 15 is 0 Å². The summed E-state index contributed by atoms with van der Waals surface area (Å²) >= 11 is 0. The Morgan fingerprint density at radius 1 is 1.31 bits per heavy atom. The van der Waals surface area contributed by atoms with Gasteiger partial charge in [-0.3, -0.25) is 0 Å². The molecule has 1 aliphatic heterocycles. The molecule has 4 heteroatoms. The van der Waals surface area contributed by atoms with Crippen LogP contribution in [0.4, 0.5) is 0 Å². The van der Waals surface area contributed by atoms with E-state index in [1.807, 2.05) is 12.1 Å². The van der Waals surface area contributed by atoms with Crippen LogP contribution in [0, 0.1) is 0 Å². The molecule has 1 aromatic heterocycles. The lowest BCUT2D eigenvalue weighted by Crippen LogP contribution is -2.30. The van der Waals surface area contributed by atoms with Crippen molar-refractivity contribution in [2.75, 3.05) is 6.54 Å². The molecule has 1 atom stereocenters. The van der Waals surface area contributed by atoms with Crippen LogP contribution in [-0.4, -0.2) is 17.8 Å². The Balaban J connectivity index is 0.000000963. The molecule has 0 spiro atoms. The molecule has 0 saturated heterocycles. The Labute approximate surface area is 99.6 Å². The van der Waals surface area contributed by atoms with E-state index in [-0.39, 0.29) is 18.4 Å². The number of fused-ring (bicyclic) bond motifs is 3. The first-order chi connectivity index (χ1) is 7.40. The standard InChI is InChI=1S/C12H12N2O.ClH/c15-7-11-12-9(5-6-13-11)8-3-1-2-4-10(8)14-12;/h1-4,7,11,13-14H,5-6H2;1H. The number of halogens is 1. The lowest BCUT2D eigenvalue weighted by atomic mass is 10.0. The van der Waals surface area contributed by atoms with Crippen molar-refractivity contribution in [3.8, 4) is 0 Å². The summed E-state index contributed by atoms with van der Waals surface area (Å²) in [4.78, 5) is 14.2. The number of carbonyl (C=O) groups is 1. The van der Waals surface area contributed by atoms with E-state index in [4.69, 9.17) is 0 Å². The smallest absolute Gasteiger partial charge is 0.142 e. The molecular weight excluding hydrogens is 224 g/mol. The summed E-state index contributed by atoms with van der Waals surface area (Å²) in [6.45, 7) is 0.873. The third-order valence-corrected chi connectivity index (χ3v) is 3.03. The SMILES string of the molecule is Cl.O=CC1NCCc2c1[nH]c1ccccc21. The van der Waals surface area contributed by atoms with E-state index in [2.05, 4.69) is 22.4 Å². The number of hydrogen-bond acceptors (Lipinski definition) is 2. The normalized spacial score (nSPS) is 18.9. The number of rotatable bonds is 1. The van der Waals surface area contributed by atoms with Crippen LogP contribution in [0.1, 0.15) is 17.3 Å². The second kappa shape index (κ2) is 4.28. The van der Waals surface area contributed by atoms with Gasteiger partial charge in [0, 0.05) is 23.1 Å². The van der Waals surface area contributed by atoms with Gasteiger partial charge in [-0.15, -0.1) is 12.4 Å². The predicted molar refractivity (Wildman–Crippen MR) is 66.1 cm³/mol. The molecule has 0 radical (unpaired) electrons. The largest absolute Gasteiger partial charge is 0.356 e. The molecule has 2 heterocycles. The van der Waals surface area contributed by atoms with E-state index in [1.54, 1.807) is 0 Å². The Morgan fingerprint density at radius 3 is 2.94 bits per heavy atom. The van der Waals surface area contributed by atoms with E-state index in [0.717, 1.165) is 30.5 Å². The summed E-state index contributed by atoms with van der Waals surface area (Å²) < 4.78 is 0. The maximum absolute atomic E-state index is 10.9. The first-order valence-corrected chi connectivity index (χ1v) is 5.18. The van der Waals surface area contributed by atoms with Crippen molar-refractivity contribution in [2.45, 2.75) is 12.5 Å². The molecule has 1 aliphatic rings. The van der Waals surface area contributed by atoms with Crippen LogP contribution in [0.3, 0.4) is 0 Å². The van der Waals surface area contributed by atoms with Crippen LogP contribution in [0.25, 0.3) is 10.9 Å². The molecule has 1 aromatic carbocycles. The van der Waals surface area contributed by atoms with E-state index in [0.29, 0.717) is 0 Å².